The van der Waals surface area contributed by atoms with E-state index in [-0.39, 0.29) is 30.5 Å². The average molecular weight is 460 g/mol. The van der Waals surface area contributed by atoms with Crippen LogP contribution in [0.4, 0.5) is 0 Å². The zero-order valence-electron chi connectivity index (χ0n) is 18.8. The Labute approximate surface area is 186 Å². The Morgan fingerprint density at radius 2 is 1.47 bits per heavy atom. The molecule has 2 unspecified atom stereocenters. The fourth-order valence-electron chi connectivity index (χ4n) is 3.05. The van der Waals surface area contributed by atoms with Gasteiger partial charge in [-0.2, -0.15) is 0 Å². The normalized spacial score (nSPS) is 24.2. The number of ketones is 1. The van der Waals surface area contributed by atoms with Crippen LogP contribution in [0.1, 0.15) is 52.4 Å². The van der Waals surface area contributed by atoms with Gasteiger partial charge in [0.05, 0.1) is 26.2 Å². The van der Waals surface area contributed by atoms with E-state index in [0.717, 1.165) is 38.9 Å². The van der Waals surface area contributed by atoms with E-state index in [2.05, 4.69) is 14.2 Å². The third-order valence-electron chi connectivity index (χ3n) is 4.68. The molecular formula is C21H32O11. The zero-order chi connectivity index (χ0) is 24.1. The summed E-state index contributed by atoms with van der Waals surface area (Å²) < 4.78 is 23.8. The molecule has 0 aromatic rings. The van der Waals surface area contributed by atoms with Crippen LogP contribution in [0.2, 0.25) is 0 Å². The molecule has 11 nitrogen and oxygen atoms in total. The summed E-state index contributed by atoms with van der Waals surface area (Å²) in [7, 11) is 1.28. The number of carboxylic acids is 1. The Morgan fingerprint density at radius 1 is 0.969 bits per heavy atom. The second-order valence-corrected chi connectivity index (χ2v) is 7.91. The van der Waals surface area contributed by atoms with Crippen molar-refractivity contribution in [1.29, 1.82) is 0 Å². The highest BCUT2D eigenvalue weighted by Crippen LogP contribution is 2.18. The highest BCUT2D eigenvalue weighted by molar-refractivity contribution is 5.96. The van der Waals surface area contributed by atoms with Crippen LogP contribution < -0.4 is 0 Å². The van der Waals surface area contributed by atoms with E-state index in [0.29, 0.717) is 13.2 Å². The Hall–Kier alpha value is -2.53. The van der Waals surface area contributed by atoms with E-state index < -0.39 is 29.7 Å². The summed E-state index contributed by atoms with van der Waals surface area (Å²) in [5.74, 6) is -3.74. The molecule has 0 aromatic heterocycles. The standard InChI is InChI=1S/C9H14O4.C6H8O4.C6H10O3/c1-12-9(11)5-8(10)7-3-2-4-13-6-7;1-6(2)9-4(7)3-5(8)10-6;7-6(8)5-2-1-3-9-4-5/h7H,2-6H2,1H3;3H2,1-2H3;5H,1-4H2,(H,7,8). The van der Waals surface area contributed by atoms with Crippen molar-refractivity contribution in [2.24, 2.45) is 11.8 Å². The molecule has 0 aromatic carbocycles. The Balaban J connectivity index is 0.000000245. The highest BCUT2D eigenvalue weighted by atomic mass is 16.7. The molecule has 3 aliphatic rings. The first-order valence-electron chi connectivity index (χ1n) is 10.5. The number of hydrogen-bond donors (Lipinski definition) is 1. The van der Waals surface area contributed by atoms with E-state index >= 15 is 0 Å². The minimum Gasteiger partial charge on any atom is -0.481 e. The number of rotatable bonds is 4. The minimum absolute atomic E-state index is 0.0634. The van der Waals surface area contributed by atoms with E-state index in [1.807, 2.05) is 0 Å². The number of methoxy groups -OCH3 is 1. The number of carbonyl (C=O) groups excluding carboxylic acids is 4. The van der Waals surface area contributed by atoms with Gasteiger partial charge in [0.2, 0.25) is 0 Å². The van der Waals surface area contributed by atoms with Crippen LogP contribution in [0.3, 0.4) is 0 Å². The zero-order valence-corrected chi connectivity index (χ0v) is 18.8. The number of carbonyl (C=O) groups is 5. The van der Waals surface area contributed by atoms with Crippen molar-refractivity contribution in [3.63, 3.8) is 0 Å². The quantitative estimate of drug-likeness (QED) is 0.476. The number of aliphatic carboxylic acids is 1. The van der Waals surface area contributed by atoms with Crippen molar-refractivity contribution in [1.82, 2.24) is 0 Å². The van der Waals surface area contributed by atoms with E-state index in [1.54, 1.807) is 0 Å². The lowest BCUT2D eigenvalue weighted by molar-refractivity contribution is -0.231. The van der Waals surface area contributed by atoms with Crippen molar-refractivity contribution in [3.05, 3.63) is 0 Å². The van der Waals surface area contributed by atoms with Crippen molar-refractivity contribution in [3.8, 4) is 0 Å². The lowest BCUT2D eigenvalue weighted by Gasteiger charge is -2.28. The molecule has 0 saturated carbocycles. The molecule has 2 atom stereocenters. The highest BCUT2D eigenvalue weighted by Gasteiger charge is 2.34. The Morgan fingerprint density at radius 3 is 1.81 bits per heavy atom. The first-order valence-corrected chi connectivity index (χ1v) is 10.5. The summed E-state index contributed by atoms with van der Waals surface area (Å²) in [6, 6.07) is 0. The molecule has 3 saturated heterocycles. The number of cyclic esters (lactones) is 2. The molecule has 0 aliphatic carbocycles. The van der Waals surface area contributed by atoms with Crippen molar-refractivity contribution in [2.75, 3.05) is 33.5 Å². The molecule has 0 radical (unpaired) electrons. The van der Waals surface area contributed by atoms with Gasteiger partial charge < -0.3 is 28.8 Å². The van der Waals surface area contributed by atoms with Crippen molar-refractivity contribution < 1.29 is 52.8 Å². The lowest BCUT2D eigenvalue weighted by atomic mass is 9.96. The molecule has 3 fully saturated rings. The third-order valence-corrected chi connectivity index (χ3v) is 4.68. The van der Waals surface area contributed by atoms with Gasteiger partial charge in [0.1, 0.15) is 18.6 Å². The SMILES string of the molecule is CC1(C)OC(=O)CC(=O)O1.COC(=O)CC(=O)C1CCCOC1.O=C(O)C1CCCOC1. The topological polar surface area (TPSA) is 152 Å². The molecule has 3 heterocycles. The summed E-state index contributed by atoms with van der Waals surface area (Å²) >= 11 is 0. The van der Waals surface area contributed by atoms with Gasteiger partial charge in [0.15, 0.2) is 0 Å². The van der Waals surface area contributed by atoms with Gasteiger partial charge in [-0.15, -0.1) is 0 Å². The van der Waals surface area contributed by atoms with Crippen LogP contribution in [-0.2, 0) is 47.7 Å². The van der Waals surface area contributed by atoms with Crippen LogP contribution >= 0.6 is 0 Å². The van der Waals surface area contributed by atoms with Gasteiger partial charge in [-0.1, -0.05) is 0 Å². The molecule has 11 heteroatoms. The lowest BCUT2D eigenvalue weighted by Crippen LogP contribution is -2.39. The van der Waals surface area contributed by atoms with E-state index in [4.69, 9.17) is 14.6 Å². The molecule has 32 heavy (non-hydrogen) atoms. The van der Waals surface area contributed by atoms with Gasteiger partial charge >= 0.3 is 23.9 Å². The molecule has 0 bridgehead atoms. The molecule has 3 aliphatic heterocycles. The second-order valence-electron chi connectivity index (χ2n) is 7.91. The first-order chi connectivity index (χ1) is 15.0. The van der Waals surface area contributed by atoms with Crippen LogP contribution in [0, 0.1) is 11.8 Å². The van der Waals surface area contributed by atoms with Gasteiger partial charge in [-0.25, -0.2) is 0 Å². The second kappa shape index (κ2) is 13.8. The molecule has 0 spiro atoms. The van der Waals surface area contributed by atoms with Crippen LogP contribution in [0.5, 0.6) is 0 Å². The fraction of sp³-hybridized carbons (Fsp3) is 0.762. The fourth-order valence-corrected chi connectivity index (χ4v) is 3.05. The molecule has 1 N–H and O–H groups in total. The van der Waals surface area contributed by atoms with Gasteiger partial charge in [0, 0.05) is 33.0 Å². The van der Waals surface area contributed by atoms with Crippen LogP contribution in [0.15, 0.2) is 0 Å². The molecule has 0 amide bonds. The summed E-state index contributed by atoms with van der Waals surface area (Å²) in [4.78, 5) is 53.6. The maximum absolute atomic E-state index is 11.4. The summed E-state index contributed by atoms with van der Waals surface area (Å²) in [6.45, 7) is 5.33. The number of Topliss-reactive ketones (excluding diaryl/α,β-unsaturated/α-hetero) is 1. The predicted molar refractivity (Wildman–Crippen MR) is 107 cm³/mol. The monoisotopic (exact) mass is 460 g/mol. The Bertz CT molecular complexity index is 641. The summed E-state index contributed by atoms with van der Waals surface area (Å²) in [5, 5.41) is 8.46. The molecule has 182 valence electrons. The van der Waals surface area contributed by atoms with Crippen molar-refractivity contribution >= 4 is 29.7 Å². The van der Waals surface area contributed by atoms with E-state index in [1.165, 1.54) is 21.0 Å². The average Bonchev–Trinajstić information content (AvgIpc) is 2.74. The maximum atomic E-state index is 11.4. The summed E-state index contributed by atoms with van der Waals surface area (Å²) in [6.07, 6.45) is 2.99. The number of ether oxygens (including phenoxy) is 5. The molecular weight excluding hydrogens is 428 g/mol. The number of hydrogen-bond acceptors (Lipinski definition) is 10. The molecule has 3 rings (SSSR count). The predicted octanol–water partition coefficient (Wildman–Crippen LogP) is 1.26. The van der Waals surface area contributed by atoms with Crippen LogP contribution in [0.25, 0.3) is 0 Å². The smallest absolute Gasteiger partial charge is 0.320 e. The van der Waals surface area contributed by atoms with Gasteiger partial charge in [0.25, 0.3) is 5.79 Å². The van der Waals surface area contributed by atoms with Gasteiger partial charge in [-0.3, -0.25) is 24.0 Å². The third kappa shape index (κ3) is 11.2. The first kappa shape index (κ1) is 27.5. The maximum Gasteiger partial charge on any atom is 0.320 e. The number of carboxylic acid groups (broad SMARTS) is 1. The van der Waals surface area contributed by atoms with E-state index in [9.17, 15) is 24.0 Å². The van der Waals surface area contributed by atoms with Crippen LogP contribution in [-0.4, -0.2) is 74.1 Å². The minimum atomic E-state index is -1.08. The summed E-state index contributed by atoms with van der Waals surface area (Å²) in [5.41, 5.74) is 0. The number of esters is 3. The van der Waals surface area contributed by atoms with Gasteiger partial charge in [-0.05, 0) is 25.7 Å². The van der Waals surface area contributed by atoms with Crippen molar-refractivity contribution in [2.45, 2.75) is 58.2 Å². The largest absolute Gasteiger partial charge is 0.481 e. The Kier molecular flexibility index (Phi) is 11.9.